The maximum atomic E-state index is 12.6. The largest absolute Gasteiger partial charge is 0.383 e. The number of hydrogen-bond acceptors (Lipinski definition) is 5. The normalized spacial score (nSPS) is 10.7. The highest BCUT2D eigenvalue weighted by molar-refractivity contribution is 5.82. The Morgan fingerprint density at radius 1 is 1.31 bits per heavy atom. The van der Waals surface area contributed by atoms with Gasteiger partial charge in [-0.15, -0.1) is 6.58 Å². The molecule has 156 valence electrons. The van der Waals surface area contributed by atoms with Crippen molar-refractivity contribution in [3.8, 4) is 0 Å². The topological polar surface area (TPSA) is 113 Å². The Kier molecular flexibility index (Phi) is 7.82. The standard InChI is InChI=1S/C21H29N5O3/c1-4-11-23-17(27)14-25(12-10-15(2)3)18-19(22)26(21(29)24-20(18)28)13-16-8-6-5-7-9-16/h4-9,15H,1,10-14,22H2,2-3H3,(H,23,27)(H,24,28,29). The fourth-order valence-corrected chi connectivity index (χ4v) is 2.91. The maximum absolute atomic E-state index is 12.6. The zero-order valence-corrected chi connectivity index (χ0v) is 17.0. The van der Waals surface area contributed by atoms with Gasteiger partial charge >= 0.3 is 5.69 Å². The summed E-state index contributed by atoms with van der Waals surface area (Å²) < 4.78 is 1.32. The highest BCUT2D eigenvalue weighted by Crippen LogP contribution is 2.19. The predicted octanol–water partition coefficient (Wildman–Crippen LogP) is 1.32. The van der Waals surface area contributed by atoms with Gasteiger partial charge in [-0.1, -0.05) is 50.3 Å². The SMILES string of the molecule is C=CCNC(=O)CN(CCC(C)C)c1c(N)n(Cc2ccccc2)c(=O)[nH]c1=O. The van der Waals surface area contributed by atoms with Gasteiger partial charge in [0.25, 0.3) is 5.56 Å². The van der Waals surface area contributed by atoms with Gasteiger partial charge in [0, 0.05) is 13.1 Å². The van der Waals surface area contributed by atoms with Crippen LogP contribution in [0.15, 0.2) is 52.6 Å². The second-order valence-electron chi connectivity index (χ2n) is 7.26. The number of hydrogen-bond donors (Lipinski definition) is 3. The summed E-state index contributed by atoms with van der Waals surface area (Å²) in [5.41, 5.74) is 6.09. The van der Waals surface area contributed by atoms with Crippen LogP contribution in [-0.2, 0) is 11.3 Å². The van der Waals surface area contributed by atoms with Crippen molar-refractivity contribution in [3.05, 3.63) is 69.4 Å². The molecule has 0 aliphatic rings. The summed E-state index contributed by atoms with van der Waals surface area (Å²) in [5, 5.41) is 2.70. The third kappa shape index (κ3) is 6.10. The van der Waals surface area contributed by atoms with Gasteiger partial charge in [0.15, 0.2) is 0 Å². The molecule has 8 heteroatoms. The van der Waals surface area contributed by atoms with E-state index >= 15 is 0 Å². The van der Waals surface area contributed by atoms with Crippen molar-refractivity contribution in [2.75, 3.05) is 30.3 Å². The molecule has 4 N–H and O–H groups in total. The van der Waals surface area contributed by atoms with Crippen molar-refractivity contribution in [3.63, 3.8) is 0 Å². The lowest BCUT2D eigenvalue weighted by molar-refractivity contribution is -0.119. The minimum Gasteiger partial charge on any atom is -0.383 e. The quantitative estimate of drug-likeness (QED) is 0.522. The first-order valence-electron chi connectivity index (χ1n) is 9.62. The number of nitrogens with one attached hydrogen (secondary N) is 2. The molecule has 0 radical (unpaired) electrons. The Morgan fingerprint density at radius 2 is 2.00 bits per heavy atom. The van der Waals surface area contributed by atoms with Crippen LogP contribution in [-0.4, -0.2) is 35.1 Å². The molecular formula is C21H29N5O3. The molecule has 0 saturated heterocycles. The zero-order valence-electron chi connectivity index (χ0n) is 17.0. The average molecular weight is 399 g/mol. The molecule has 0 saturated carbocycles. The van der Waals surface area contributed by atoms with Crippen molar-refractivity contribution < 1.29 is 4.79 Å². The molecule has 1 aromatic carbocycles. The number of nitrogen functional groups attached to an aromatic ring is 1. The van der Waals surface area contributed by atoms with Crippen LogP contribution >= 0.6 is 0 Å². The molecule has 8 nitrogen and oxygen atoms in total. The number of carbonyl (C=O) groups excluding carboxylic acids is 1. The van der Waals surface area contributed by atoms with Crippen LogP contribution in [0.1, 0.15) is 25.8 Å². The molecule has 1 amide bonds. The second kappa shape index (κ2) is 10.3. The number of amides is 1. The Bertz CT molecular complexity index is 947. The van der Waals surface area contributed by atoms with E-state index in [0.29, 0.717) is 19.0 Å². The molecule has 2 rings (SSSR count). The summed E-state index contributed by atoms with van der Waals surface area (Å²) in [6.07, 6.45) is 2.34. The molecule has 29 heavy (non-hydrogen) atoms. The fraction of sp³-hybridized carbons (Fsp3) is 0.381. The van der Waals surface area contributed by atoms with Gasteiger partial charge in [-0.2, -0.15) is 0 Å². The van der Waals surface area contributed by atoms with Gasteiger partial charge in [-0.3, -0.25) is 19.1 Å². The van der Waals surface area contributed by atoms with E-state index in [-0.39, 0.29) is 30.5 Å². The highest BCUT2D eigenvalue weighted by Gasteiger charge is 2.21. The van der Waals surface area contributed by atoms with E-state index in [1.165, 1.54) is 4.57 Å². The van der Waals surface area contributed by atoms with Crippen LogP contribution in [0.25, 0.3) is 0 Å². The molecule has 0 atom stereocenters. The highest BCUT2D eigenvalue weighted by atomic mass is 16.2. The van der Waals surface area contributed by atoms with Gasteiger partial charge in [0.05, 0.1) is 13.1 Å². The number of benzene rings is 1. The van der Waals surface area contributed by atoms with Crippen LogP contribution in [0.3, 0.4) is 0 Å². The molecule has 1 heterocycles. The minimum atomic E-state index is -0.600. The number of nitrogens with two attached hydrogens (primary N) is 1. The molecule has 2 aromatic rings. The molecule has 1 aromatic heterocycles. The average Bonchev–Trinajstić information content (AvgIpc) is 2.68. The molecule has 0 fully saturated rings. The number of H-pyrrole nitrogens is 1. The molecule has 0 bridgehead atoms. The van der Waals surface area contributed by atoms with Crippen LogP contribution < -0.4 is 27.2 Å². The summed E-state index contributed by atoms with van der Waals surface area (Å²) in [5.74, 6) is 0.153. The van der Waals surface area contributed by atoms with E-state index in [9.17, 15) is 14.4 Å². The van der Waals surface area contributed by atoms with Gasteiger partial charge in [-0.25, -0.2) is 4.79 Å². The van der Waals surface area contributed by atoms with E-state index in [2.05, 4.69) is 30.7 Å². The first kappa shape index (κ1) is 22.0. The first-order chi connectivity index (χ1) is 13.8. The van der Waals surface area contributed by atoms with Crippen molar-refractivity contribution in [2.24, 2.45) is 5.92 Å². The summed E-state index contributed by atoms with van der Waals surface area (Å²) in [4.78, 5) is 41.2. The Labute approximate surface area is 170 Å². The van der Waals surface area contributed by atoms with E-state index in [4.69, 9.17) is 5.73 Å². The summed E-state index contributed by atoms with van der Waals surface area (Å²) in [6.45, 7) is 8.65. The van der Waals surface area contributed by atoms with Gasteiger partial charge in [0.1, 0.15) is 11.5 Å². The van der Waals surface area contributed by atoms with Crippen LogP contribution in [0.5, 0.6) is 0 Å². The monoisotopic (exact) mass is 399 g/mol. The van der Waals surface area contributed by atoms with Crippen molar-refractivity contribution in [2.45, 2.75) is 26.8 Å². The van der Waals surface area contributed by atoms with E-state index in [1.54, 1.807) is 11.0 Å². The van der Waals surface area contributed by atoms with E-state index in [1.807, 2.05) is 30.3 Å². The van der Waals surface area contributed by atoms with E-state index < -0.39 is 11.2 Å². The zero-order chi connectivity index (χ0) is 21.4. The molecule has 0 aliphatic heterocycles. The van der Waals surface area contributed by atoms with Crippen LogP contribution in [0, 0.1) is 5.92 Å². The minimum absolute atomic E-state index is 0.0443. The van der Waals surface area contributed by atoms with Gasteiger partial charge in [0.2, 0.25) is 5.91 Å². The maximum Gasteiger partial charge on any atom is 0.330 e. The van der Waals surface area contributed by atoms with Crippen molar-refractivity contribution in [1.82, 2.24) is 14.9 Å². The third-order valence-corrected chi connectivity index (χ3v) is 4.47. The molecule has 0 spiro atoms. The fourth-order valence-electron chi connectivity index (χ4n) is 2.91. The Hall–Kier alpha value is -3.29. The lowest BCUT2D eigenvalue weighted by atomic mass is 10.1. The number of rotatable bonds is 10. The lowest BCUT2D eigenvalue weighted by Crippen LogP contribution is -2.43. The van der Waals surface area contributed by atoms with Crippen molar-refractivity contribution >= 4 is 17.4 Å². The Balaban J connectivity index is 2.43. The smallest absolute Gasteiger partial charge is 0.330 e. The van der Waals surface area contributed by atoms with Crippen LogP contribution in [0.4, 0.5) is 11.5 Å². The second-order valence-corrected chi connectivity index (χ2v) is 7.26. The molecule has 0 unspecified atom stereocenters. The third-order valence-electron chi connectivity index (χ3n) is 4.47. The van der Waals surface area contributed by atoms with E-state index in [0.717, 1.165) is 12.0 Å². The number of carbonyl (C=O) groups is 1. The van der Waals surface area contributed by atoms with Gasteiger partial charge in [-0.05, 0) is 17.9 Å². The van der Waals surface area contributed by atoms with Crippen molar-refractivity contribution in [1.29, 1.82) is 0 Å². The lowest BCUT2D eigenvalue weighted by Gasteiger charge is -2.26. The molecule has 0 aliphatic carbocycles. The number of anilines is 2. The summed E-state index contributed by atoms with van der Waals surface area (Å²) in [7, 11) is 0. The van der Waals surface area contributed by atoms with Gasteiger partial charge < -0.3 is 16.0 Å². The summed E-state index contributed by atoms with van der Waals surface area (Å²) >= 11 is 0. The van der Waals surface area contributed by atoms with Crippen LogP contribution in [0.2, 0.25) is 0 Å². The number of aromatic nitrogens is 2. The first-order valence-corrected chi connectivity index (χ1v) is 9.62. The Morgan fingerprint density at radius 3 is 2.62 bits per heavy atom. The molecular weight excluding hydrogens is 370 g/mol. The predicted molar refractivity (Wildman–Crippen MR) is 116 cm³/mol. The number of nitrogens with zero attached hydrogens (tertiary/aromatic N) is 2. The number of aromatic amines is 1. The summed E-state index contributed by atoms with van der Waals surface area (Å²) in [6, 6.07) is 9.35.